The van der Waals surface area contributed by atoms with Gasteiger partial charge in [-0.1, -0.05) is 19.1 Å². The molecular weight excluding hydrogens is 208 g/mol. The monoisotopic (exact) mass is 228 g/mol. The topological polar surface area (TPSA) is 69.6 Å². The van der Waals surface area contributed by atoms with Gasteiger partial charge in [-0.3, -0.25) is 0 Å². The standard InChI is InChI=1S/C11H20N2O3/c1-5-9(10(14)15)12-11(16)13(6-2)7-8(3)4/h9H,3,5-7H2,1-2,4H3,(H,12,16)(H,14,15)/t9-/m0/s1. The first kappa shape index (κ1) is 14.5. The van der Waals surface area contributed by atoms with E-state index in [4.69, 9.17) is 5.11 Å². The van der Waals surface area contributed by atoms with Gasteiger partial charge in [0.2, 0.25) is 0 Å². The van der Waals surface area contributed by atoms with Gasteiger partial charge in [0.05, 0.1) is 0 Å². The Labute approximate surface area is 96.1 Å². The van der Waals surface area contributed by atoms with Crippen LogP contribution in [0.4, 0.5) is 4.79 Å². The second-order valence-corrected chi connectivity index (χ2v) is 3.72. The number of amides is 2. The maximum absolute atomic E-state index is 11.7. The second kappa shape index (κ2) is 6.87. The van der Waals surface area contributed by atoms with E-state index in [0.717, 1.165) is 5.57 Å². The van der Waals surface area contributed by atoms with Crippen molar-refractivity contribution >= 4 is 12.0 Å². The summed E-state index contributed by atoms with van der Waals surface area (Å²) in [4.78, 5) is 24.0. The van der Waals surface area contributed by atoms with E-state index in [-0.39, 0.29) is 6.03 Å². The van der Waals surface area contributed by atoms with E-state index < -0.39 is 12.0 Å². The SMILES string of the molecule is C=C(C)CN(CC)C(=O)N[C@@H](CC)C(=O)O. The van der Waals surface area contributed by atoms with Crippen LogP contribution in [0.1, 0.15) is 27.2 Å². The molecule has 92 valence electrons. The molecule has 0 aliphatic rings. The van der Waals surface area contributed by atoms with Gasteiger partial charge in [0.1, 0.15) is 6.04 Å². The number of hydrogen-bond donors (Lipinski definition) is 2. The van der Waals surface area contributed by atoms with Crippen LogP contribution in [-0.4, -0.2) is 41.1 Å². The molecule has 0 aliphatic carbocycles. The molecule has 0 heterocycles. The minimum absolute atomic E-state index is 0.361. The third kappa shape index (κ3) is 4.82. The molecule has 0 aliphatic heterocycles. The Hall–Kier alpha value is -1.52. The normalized spacial score (nSPS) is 11.7. The van der Waals surface area contributed by atoms with Crippen LogP contribution >= 0.6 is 0 Å². The Bertz CT molecular complexity index is 276. The molecule has 0 spiro atoms. The first-order valence-corrected chi connectivity index (χ1v) is 5.34. The van der Waals surface area contributed by atoms with E-state index in [1.54, 1.807) is 6.92 Å². The van der Waals surface area contributed by atoms with E-state index in [1.165, 1.54) is 4.90 Å². The lowest BCUT2D eigenvalue weighted by molar-refractivity contribution is -0.139. The molecule has 2 N–H and O–H groups in total. The molecule has 1 atom stereocenters. The highest BCUT2D eigenvalue weighted by molar-refractivity contribution is 5.82. The van der Waals surface area contributed by atoms with Crippen LogP contribution in [0.15, 0.2) is 12.2 Å². The molecule has 5 heteroatoms. The van der Waals surface area contributed by atoms with Crippen LogP contribution in [0.2, 0.25) is 0 Å². The summed E-state index contributed by atoms with van der Waals surface area (Å²) in [6, 6.07) is -1.19. The van der Waals surface area contributed by atoms with Crippen molar-refractivity contribution in [3.63, 3.8) is 0 Å². The summed E-state index contributed by atoms with van der Waals surface area (Å²) < 4.78 is 0. The minimum atomic E-state index is -1.01. The molecule has 0 fully saturated rings. The van der Waals surface area contributed by atoms with E-state index in [2.05, 4.69) is 11.9 Å². The number of carboxylic acids is 1. The zero-order chi connectivity index (χ0) is 12.7. The summed E-state index contributed by atoms with van der Waals surface area (Å²) in [7, 11) is 0. The Morgan fingerprint density at radius 1 is 1.44 bits per heavy atom. The van der Waals surface area contributed by atoms with Crippen molar-refractivity contribution in [2.75, 3.05) is 13.1 Å². The zero-order valence-electron chi connectivity index (χ0n) is 10.1. The van der Waals surface area contributed by atoms with Gasteiger partial charge in [-0.05, 0) is 20.3 Å². The fourth-order valence-electron chi connectivity index (χ4n) is 1.23. The van der Waals surface area contributed by atoms with Crippen molar-refractivity contribution in [3.05, 3.63) is 12.2 Å². The summed E-state index contributed by atoms with van der Waals surface area (Å²) in [5, 5.41) is 11.3. The van der Waals surface area contributed by atoms with Crippen molar-refractivity contribution in [2.45, 2.75) is 33.2 Å². The number of carbonyl (C=O) groups is 2. The molecule has 2 amide bonds. The van der Waals surface area contributed by atoms with E-state index in [1.807, 2.05) is 13.8 Å². The van der Waals surface area contributed by atoms with Gasteiger partial charge in [0.25, 0.3) is 0 Å². The Balaban J connectivity index is 4.40. The van der Waals surface area contributed by atoms with Crippen LogP contribution in [0.5, 0.6) is 0 Å². The minimum Gasteiger partial charge on any atom is -0.480 e. The smallest absolute Gasteiger partial charge is 0.326 e. The Kier molecular flexibility index (Phi) is 6.22. The summed E-state index contributed by atoms with van der Waals surface area (Å²) in [6.07, 6.45) is 0.367. The van der Waals surface area contributed by atoms with Crippen LogP contribution in [-0.2, 0) is 4.79 Å². The molecule has 5 nitrogen and oxygen atoms in total. The molecule has 0 aromatic rings. The average Bonchev–Trinajstić information content (AvgIpc) is 2.21. The fourth-order valence-corrected chi connectivity index (χ4v) is 1.23. The average molecular weight is 228 g/mol. The van der Waals surface area contributed by atoms with Crippen molar-refractivity contribution in [2.24, 2.45) is 0 Å². The lowest BCUT2D eigenvalue weighted by Crippen LogP contribution is -2.48. The molecule has 0 aromatic heterocycles. The molecule has 0 saturated heterocycles. The van der Waals surface area contributed by atoms with Gasteiger partial charge in [-0.15, -0.1) is 0 Å². The number of rotatable bonds is 6. The zero-order valence-corrected chi connectivity index (χ0v) is 10.1. The lowest BCUT2D eigenvalue weighted by Gasteiger charge is -2.23. The predicted molar refractivity (Wildman–Crippen MR) is 62.3 cm³/mol. The molecular formula is C11H20N2O3. The maximum atomic E-state index is 11.7. The highest BCUT2D eigenvalue weighted by Crippen LogP contribution is 1.99. The van der Waals surface area contributed by atoms with Crippen molar-refractivity contribution in [3.8, 4) is 0 Å². The third-order valence-electron chi connectivity index (χ3n) is 2.13. The van der Waals surface area contributed by atoms with E-state index in [0.29, 0.717) is 19.5 Å². The summed E-state index contributed by atoms with van der Waals surface area (Å²) in [5.74, 6) is -1.01. The fraction of sp³-hybridized carbons (Fsp3) is 0.636. The number of likely N-dealkylation sites (N-methyl/N-ethyl adjacent to an activating group) is 1. The number of nitrogens with one attached hydrogen (secondary N) is 1. The molecule has 0 rings (SSSR count). The first-order valence-electron chi connectivity index (χ1n) is 5.34. The highest BCUT2D eigenvalue weighted by atomic mass is 16.4. The molecule has 0 radical (unpaired) electrons. The second-order valence-electron chi connectivity index (χ2n) is 3.72. The third-order valence-corrected chi connectivity index (χ3v) is 2.13. The number of carboxylic acid groups (broad SMARTS) is 1. The van der Waals surface area contributed by atoms with Gasteiger partial charge in [0.15, 0.2) is 0 Å². The highest BCUT2D eigenvalue weighted by Gasteiger charge is 2.20. The molecule has 0 unspecified atom stereocenters. The van der Waals surface area contributed by atoms with Crippen molar-refractivity contribution in [1.29, 1.82) is 0 Å². The van der Waals surface area contributed by atoms with E-state index >= 15 is 0 Å². The Morgan fingerprint density at radius 2 is 2.00 bits per heavy atom. The van der Waals surface area contributed by atoms with Crippen LogP contribution in [0, 0.1) is 0 Å². The van der Waals surface area contributed by atoms with Gasteiger partial charge < -0.3 is 15.3 Å². The number of aliphatic carboxylic acids is 1. The van der Waals surface area contributed by atoms with Crippen LogP contribution in [0.3, 0.4) is 0 Å². The lowest BCUT2D eigenvalue weighted by atomic mass is 10.2. The maximum Gasteiger partial charge on any atom is 0.326 e. The summed E-state index contributed by atoms with van der Waals surface area (Å²) in [6.45, 7) is 10.1. The van der Waals surface area contributed by atoms with Gasteiger partial charge in [-0.25, -0.2) is 9.59 Å². The van der Waals surface area contributed by atoms with Crippen LogP contribution < -0.4 is 5.32 Å². The summed E-state index contributed by atoms with van der Waals surface area (Å²) in [5.41, 5.74) is 0.861. The number of nitrogens with zero attached hydrogens (tertiary/aromatic N) is 1. The molecule has 0 saturated carbocycles. The van der Waals surface area contributed by atoms with E-state index in [9.17, 15) is 9.59 Å². The molecule has 0 bridgehead atoms. The van der Waals surface area contributed by atoms with Crippen molar-refractivity contribution in [1.82, 2.24) is 10.2 Å². The molecule has 0 aromatic carbocycles. The number of carbonyl (C=O) groups excluding carboxylic acids is 1. The first-order chi connectivity index (χ1) is 7.42. The van der Waals surface area contributed by atoms with Crippen molar-refractivity contribution < 1.29 is 14.7 Å². The predicted octanol–water partition coefficient (Wildman–Crippen LogP) is 1.46. The number of hydrogen-bond acceptors (Lipinski definition) is 2. The van der Waals surface area contributed by atoms with Gasteiger partial charge in [-0.2, -0.15) is 0 Å². The largest absolute Gasteiger partial charge is 0.480 e. The Morgan fingerprint density at radius 3 is 2.31 bits per heavy atom. The van der Waals surface area contributed by atoms with Crippen LogP contribution in [0.25, 0.3) is 0 Å². The summed E-state index contributed by atoms with van der Waals surface area (Å²) >= 11 is 0. The van der Waals surface area contributed by atoms with Gasteiger partial charge >= 0.3 is 12.0 Å². The molecule has 16 heavy (non-hydrogen) atoms. The number of urea groups is 1. The quantitative estimate of drug-likeness (QED) is 0.676. The van der Waals surface area contributed by atoms with Gasteiger partial charge in [0, 0.05) is 13.1 Å².